The number of benzene rings is 1. The van der Waals surface area contributed by atoms with E-state index >= 15 is 0 Å². The predicted octanol–water partition coefficient (Wildman–Crippen LogP) is 2.90. The molecular formula is C21H30N2O4. The first-order chi connectivity index (χ1) is 13.0. The van der Waals surface area contributed by atoms with Crippen molar-refractivity contribution in [1.29, 1.82) is 0 Å². The van der Waals surface area contributed by atoms with E-state index < -0.39 is 0 Å². The highest BCUT2D eigenvalue weighted by Gasteiger charge is 2.25. The average molecular weight is 374 g/mol. The lowest BCUT2D eigenvalue weighted by Gasteiger charge is -2.34. The van der Waals surface area contributed by atoms with E-state index in [4.69, 9.17) is 13.9 Å². The summed E-state index contributed by atoms with van der Waals surface area (Å²) in [6, 6.07) is 4.12. The molecule has 0 radical (unpaired) electrons. The molecule has 0 amide bonds. The highest BCUT2D eigenvalue weighted by atomic mass is 16.5. The van der Waals surface area contributed by atoms with Gasteiger partial charge in [-0.3, -0.25) is 9.80 Å². The number of hydrogen-bond acceptors (Lipinski definition) is 6. The zero-order chi connectivity index (χ0) is 19.6. The Morgan fingerprint density at radius 1 is 1.15 bits per heavy atom. The molecule has 0 saturated carbocycles. The van der Waals surface area contributed by atoms with Crippen LogP contribution in [0.5, 0.6) is 11.5 Å². The summed E-state index contributed by atoms with van der Waals surface area (Å²) in [5.74, 6) is 1.22. The molecule has 0 spiro atoms. The molecule has 1 aromatic heterocycles. The van der Waals surface area contributed by atoms with Gasteiger partial charge in [0.2, 0.25) is 0 Å². The third-order valence-electron chi connectivity index (χ3n) is 5.64. The van der Waals surface area contributed by atoms with Crippen molar-refractivity contribution in [1.82, 2.24) is 9.80 Å². The predicted molar refractivity (Wildman–Crippen MR) is 107 cm³/mol. The lowest BCUT2D eigenvalue weighted by molar-refractivity contribution is 0.149. The van der Waals surface area contributed by atoms with Crippen LogP contribution in [0.25, 0.3) is 11.0 Å². The molecule has 1 aliphatic rings. The topological polar surface area (TPSA) is 55.2 Å². The van der Waals surface area contributed by atoms with Gasteiger partial charge in [-0.25, -0.2) is 4.79 Å². The van der Waals surface area contributed by atoms with Gasteiger partial charge in [0.05, 0.1) is 19.8 Å². The molecule has 2 heterocycles. The average Bonchev–Trinajstić information content (AvgIpc) is 2.68. The maximum atomic E-state index is 12.6. The zero-order valence-corrected chi connectivity index (χ0v) is 17.0. The molecule has 0 fully saturated rings. The Balaban J connectivity index is 1.93. The molecule has 1 unspecified atom stereocenters. The molecule has 3 rings (SSSR count). The SMILES string of the molecule is CCN(CC)C(C)CN1CCc2c(c(=O)oc3cc(OC)c(OC)cc23)C1. The van der Waals surface area contributed by atoms with Crippen LogP contribution in [0, 0.1) is 0 Å². The summed E-state index contributed by atoms with van der Waals surface area (Å²) < 4.78 is 16.4. The molecule has 6 nitrogen and oxygen atoms in total. The van der Waals surface area contributed by atoms with Crippen molar-refractivity contribution in [3.63, 3.8) is 0 Å². The van der Waals surface area contributed by atoms with Gasteiger partial charge >= 0.3 is 5.63 Å². The number of likely N-dealkylation sites (N-methyl/N-ethyl adjacent to an activating group) is 1. The smallest absolute Gasteiger partial charge is 0.341 e. The highest BCUT2D eigenvalue weighted by Crippen LogP contribution is 2.35. The van der Waals surface area contributed by atoms with Gasteiger partial charge in [-0.2, -0.15) is 0 Å². The van der Waals surface area contributed by atoms with Crippen LogP contribution in [0.3, 0.4) is 0 Å². The minimum atomic E-state index is -0.245. The van der Waals surface area contributed by atoms with E-state index in [2.05, 4.69) is 30.6 Å². The van der Waals surface area contributed by atoms with E-state index in [0.29, 0.717) is 29.7 Å². The van der Waals surface area contributed by atoms with E-state index in [1.165, 1.54) is 0 Å². The van der Waals surface area contributed by atoms with Crippen molar-refractivity contribution in [3.05, 3.63) is 33.7 Å². The fourth-order valence-electron chi connectivity index (χ4n) is 4.14. The van der Waals surface area contributed by atoms with Crippen LogP contribution in [-0.4, -0.2) is 56.2 Å². The molecule has 1 aliphatic heterocycles. The number of ether oxygens (including phenoxy) is 2. The molecule has 0 N–H and O–H groups in total. The van der Waals surface area contributed by atoms with Crippen molar-refractivity contribution < 1.29 is 13.9 Å². The van der Waals surface area contributed by atoms with Crippen LogP contribution >= 0.6 is 0 Å². The minimum absolute atomic E-state index is 0.245. The van der Waals surface area contributed by atoms with Gasteiger partial charge in [0.1, 0.15) is 5.58 Å². The molecule has 6 heteroatoms. The zero-order valence-electron chi connectivity index (χ0n) is 17.0. The lowest BCUT2D eigenvalue weighted by atomic mass is 9.97. The molecular weight excluding hydrogens is 344 g/mol. The highest BCUT2D eigenvalue weighted by molar-refractivity contribution is 5.85. The first kappa shape index (κ1) is 19.7. The number of nitrogens with zero attached hydrogens (tertiary/aromatic N) is 2. The molecule has 0 aliphatic carbocycles. The molecule has 2 aromatic rings. The third kappa shape index (κ3) is 3.82. The Kier molecular flexibility index (Phi) is 6.07. The number of methoxy groups -OCH3 is 2. The third-order valence-corrected chi connectivity index (χ3v) is 5.64. The number of hydrogen-bond donors (Lipinski definition) is 0. The van der Waals surface area contributed by atoms with Crippen LogP contribution in [0.4, 0.5) is 0 Å². The molecule has 1 atom stereocenters. The van der Waals surface area contributed by atoms with E-state index in [1.807, 2.05) is 6.07 Å². The normalized spacial score (nSPS) is 15.8. The maximum Gasteiger partial charge on any atom is 0.341 e. The van der Waals surface area contributed by atoms with Gasteiger partial charge in [-0.15, -0.1) is 0 Å². The molecule has 0 bridgehead atoms. The monoisotopic (exact) mass is 374 g/mol. The Morgan fingerprint density at radius 3 is 2.44 bits per heavy atom. The van der Waals surface area contributed by atoms with Gasteiger partial charge < -0.3 is 13.9 Å². The van der Waals surface area contributed by atoms with Crippen LogP contribution < -0.4 is 15.1 Å². The summed E-state index contributed by atoms with van der Waals surface area (Å²) in [6.45, 7) is 11.2. The van der Waals surface area contributed by atoms with Gasteiger partial charge in [0.25, 0.3) is 0 Å². The Morgan fingerprint density at radius 2 is 1.81 bits per heavy atom. The van der Waals surface area contributed by atoms with Crippen molar-refractivity contribution in [3.8, 4) is 11.5 Å². The Bertz CT molecular complexity index is 857. The quantitative estimate of drug-likeness (QED) is 0.695. The summed E-state index contributed by atoms with van der Waals surface area (Å²) in [5, 5.41) is 0.943. The van der Waals surface area contributed by atoms with Gasteiger partial charge in [-0.1, -0.05) is 13.8 Å². The first-order valence-electron chi connectivity index (χ1n) is 9.69. The van der Waals surface area contributed by atoms with Crippen molar-refractivity contribution in [2.45, 2.75) is 39.8 Å². The summed E-state index contributed by atoms with van der Waals surface area (Å²) in [4.78, 5) is 17.4. The lowest BCUT2D eigenvalue weighted by Crippen LogP contribution is -2.44. The van der Waals surface area contributed by atoms with Crippen molar-refractivity contribution >= 4 is 11.0 Å². The van der Waals surface area contributed by atoms with Crippen LogP contribution in [0.2, 0.25) is 0 Å². The largest absolute Gasteiger partial charge is 0.493 e. The van der Waals surface area contributed by atoms with Crippen molar-refractivity contribution in [2.75, 3.05) is 40.4 Å². The van der Waals surface area contributed by atoms with Crippen LogP contribution in [0.15, 0.2) is 21.3 Å². The fourth-order valence-corrected chi connectivity index (χ4v) is 4.14. The maximum absolute atomic E-state index is 12.6. The Labute approximate surface area is 160 Å². The first-order valence-corrected chi connectivity index (χ1v) is 9.69. The molecule has 0 saturated heterocycles. The van der Waals surface area contributed by atoms with E-state index in [9.17, 15) is 4.79 Å². The van der Waals surface area contributed by atoms with Gasteiger partial charge in [0.15, 0.2) is 11.5 Å². The summed E-state index contributed by atoms with van der Waals surface area (Å²) in [5.41, 5.74) is 2.16. The summed E-state index contributed by atoms with van der Waals surface area (Å²) in [6.07, 6.45) is 0.831. The van der Waals surface area contributed by atoms with Crippen LogP contribution in [-0.2, 0) is 13.0 Å². The van der Waals surface area contributed by atoms with E-state index in [1.54, 1.807) is 20.3 Å². The fraction of sp³-hybridized carbons (Fsp3) is 0.571. The number of fused-ring (bicyclic) bond motifs is 3. The molecule has 148 valence electrons. The second-order valence-electron chi connectivity index (χ2n) is 7.11. The van der Waals surface area contributed by atoms with Gasteiger partial charge in [-0.05, 0) is 38.1 Å². The second-order valence-corrected chi connectivity index (χ2v) is 7.11. The summed E-state index contributed by atoms with van der Waals surface area (Å²) in [7, 11) is 3.20. The summed E-state index contributed by atoms with van der Waals surface area (Å²) >= 11 is 0. The van der Waals surface area contributed by atoms with Crippen molar-refractivity contribution in [2.24, 2.45) is 0 Å². The van der Waals surface area contributed by atoms with E-state index in [-0.39, 0.29) is 5.63 Å². The van der Waals surface area contributed by atoms with Gasteiger partial charge in [0, 0.05) is 37.1 Å². The number of rotatable bonds is 7. The minimum Gasteiger partial charge on any atom is -0.493 e. The Hall–Kier alpha value is -2.05. The van der Waals surface area contributed by atoms with Crippen LogP contribution in [0.1, 0.15) is 31.9 Å². The van der Waals surface area contributed by atoms with E-state index in [0.717, 1.165) is 49.1 Å². The second kappa shape index (κ2) is 8.31. The molecule has 27 heavy (non-hydrogen) atoms. The standard InChI is InChI=1S/C21H30N2O4/c1-6-23(7-2)14(3)12-22-9-8-15-16-10-19(25-4)20(26-5)11-18(16)27-21(24)17(15)13-22/h10-11,14H,6-9,12-13H2,1-5H3. The molecule has 1 aromatic carbocycles.